The molecule has 4 rings (SSSR count). The van der Waals surface area contributed by atoms with Crippen molar-refractivity contribution in [3.8, 4) is 0 Å². The molecule has 6 atom stereocenters. The van der Waals surface area contributed by atoms with Gasteiger partial charge in [-0.3, -0.25) is 0 Å². The van der Waals surface area contributed by atoms with Gasteiger partial charge in [-0.15, -0.1) is 5.54 Å². The van der Waals surface area contributed by atoms with E-state index in [0.29, 0.717) is 0 Å². The molecular formula is C32H56NSiTi. The summed E-state index contributed by atoms with van der Waals surface area (Å²) in [5, 5.41) is 0. The molecule has 0 N–H and O–H groups in total. The van der Waals surface area contributed by atoms with E-state index in [1.54, 1.807) is 17.7 Å². The maximum atomic E-state index is 5.45. The molecule has 0 amide bonds. The van der Waals surface area contributed by atoms with Crippen molar-refractivity contribution >= 4 is 8.24 Å². The molecule has 35 heavy (non-hydrogen) atoms. The molecule has 0 saturated heterocycles. The molecule has 4 aliphatic rings. The van der Waals surface area contributed by atoms with Crippen molar-refractivity contribution in [3.63, 3.8) is 0 Å². The molecule has 3 heteroatoms. The van der Waals surface area contributed by atoms with Crippen LogP contribution in [-0.4, -0.2) is 13.8 Å². The van der Waals surface area contributed by atoms with Gasteiger partial charge < -0.3 is 12.4 Å². The Hall–Kier alpha value is -0.0188. The maximum Gasteiger partial charge on any atom is 3.00 e. The summed E-state index contributed by atoms with van der Waals surface area (Å²) in [4.78, 5) is 5.45. The summed E-state index contributed by atoms with van der Waals surface area (Å²) in [5.41, 5.74) is 2.77. The summed E-state index contributed by atoms with van der Waals surface area (Å²) in [6.07, 6.45) is 18.3. The molecule has 0 aromatic rings. The first-order valence-corrected chi connectivity index (χ1v) is 17.0. The van der Waals surface area contributed by atoms with Crippen molar-refractivity contribution in [2.24, 2.45) is 35.5 Å². The van der Waals surface area contributed by atoms with E-state index in [9.17, 15) is 0 Å². The minimum absolute atomic E-state index is 0. The van der Waals surface area contributed by atoms with Gasteiger partial charge in [-0.2, -0.15) is 31.2 Å². The van der Waals surface area contributed by atoms with Gasteiger partial charge in [-0.1, -0.05) is 105 Å². The van der Waals surface area contributed by atoms with Crippen molar-refractivity contribution in [2.75, 3.05) is 0 Å². The van der Waals surface area contributed by atoms with Crippen LogP contribution in [0.1, 0.15) is 91.9 Å². The predicted octanol–water partition coefficient (Wildman–Crippen LogP) is 10.3. The molecule has 0 aliphatic heterocycles. The van der Waals surface area contributed by atoms with E-state index in [1.165, 1.54) is 64.2 Å². The monoisotopic (exact) mass is 530 g/mol. The van der Waals surface area contributed by atoms with Crippen molar-refractivity contribution in [1.82, 2.24) is 0 Å². The summed E-state index contributed by atoms with van der Waals surface area (Å²) in [5.74, 6) is 6.76. The van der Waals surface area contributed by atoms with Gasteiger partial charge in [0.25, 0.3) is 0 Å². The van der Waals surface area contributed by atoms with Gasteiger partial charge in [0.05, 0.1) is 0 Å². The largest absolute Gasteiger partial charge is 3.00 e. The molecule has 0 aromatic carbocycles. The molecule has 4 fully saturated rings. The molecule has 0 spiro atoms. The quantitative estimate of drug-likeness (QED) is 0.195. The summed E-state index contributed by atoms with van der Waals surface area (Å²) in [7, 11) is -1.54. The van der Waals surface area contributed by atoms with Crippen molar-refractivity contribution in [2.45, 2.75) is 116 Å². The van der Waals surface area contributed by atoms with Crippen LogP contribution in [0.5, 0.6) is 0 Å². The molecule has 0 aromatic heterocycles. The third-order valence-corrected chi connectivity index (χ3v) is 13.3. The fourth-order valence-electron chi connectivity index (χ4n) is 8.24. The molecule has 1 nitrogen and oxygen atoms in total. The van der Waals surface area contributed by atoms with Crippen molar-refractivity contribution in [3.05, 3.63) is 55.8 Å². The van der Waals surface area contributed by atoms with Crippen LogP contribution in [0.2, 0.25) is 18.6 Å². The van der Waals surface area contributed by atoms with Gasteiger partial charge >= 0.3 is 21.7 Å². The van der Waals surface area contributed by atoms with Gasteiger partial charge in [-0.25, -0.2) is 0 Å². The zero-order valence-corrected chi connectivity index (χ0v) is 26.9. The second-order valence-electron chi connectivity index (χ2n) is 13.3. The van der Waals surface area contributed by atoms with Crippen LogP contribution in [0.15, 0.2) is 37.5 Å². The first kappa shape index (κ1) is 33.0. The van der Waals surface area contributed by atoms with Gasteiger partial charge in [0.2, 0.25) is 0 Å². The first-order chi connectivity index (χ1) is 15.5. The van der Waals surface area contributed by atoms with E-state index in [-0.39, 0.29) is 34.7 Å². The number of hydrogen-bond acceptors (Lipinski definition) is 0. The fraction of sp³-hybridized carbons (Fsp3) is 0.750. The summed E-state index contributed by atoms with van der Waals surface area (Å²) >= 11 is 0. The van der Waals surface area contributed by atoms with E-state index < -0.39 is 8.24 Å². The molecule has 0 bridgehead atoms. The second kappa shape index (κ2) is 13.7. The van der Waals surface area contributed by atoms with Gasteiger partial charge in [0.1, 0.15) is 0 Å². The van der Waals surface area contributed by atoms with E-state index in [1.807, 2.05) is 6.92 Å². The van der Waals surface area contributed by atoms with Crippen LogP contribution in [0.25, 0.3) is 4.98 Å². The Kier molecular flexibility index (Phi) is 12.9. The van der Waals surface area contributed by atoms with Crippen molar-refractivity contribution in [1.29, 1.82) is 0 Å². The zero-order valence-electron chi connectivity index (χ0n) is 24.3. The van der Waals surface area contributed by atoms with Gasteiger partial charge in [0.15, 0.2) is 0 Å². The van der Waals surface area contributed by atoms with Gasteiger partial charge in [-0.05, 0) is 61.2 Å². The number of fused-ring (bicyclic) bond motifs is 5. The average Bonchev–Trinajstić information content (AvgIpc) is 3.20. The van der Waals surface area contributed by atoms with Crippen LogP contribution in [0.3, 0.4) is 0 Å². The Morgan fingerprint density at radius 2 is 1.23 bits per heavy atom. The molecule has 4 saturated carbocycles. The fourth-order valence-corrected chi connectivity index (χ4v) is 11.9. The molecule has 6 unspecified atom stereocenters. The third kappa shape index (κ3) is 7.98. The first-order valence-electron chi connectivity index (χ1n) is 14.0. The Labute approximate surface area is 236 Å². The van der Waals surface area contributed by atoms with Crippen LogP contribution < -0.4 is 0 Å². The standard InChI is InChI=1S/C25H44NSi.C6H9.CH3.Ti/c1-17-19-11-7-9-13-21(19)23-15-18(27(5,6)26-25(2,3)4)16-24(23)22-14-10-8-12-20(17)22;1-4-6(3)5-2;;/h18-24H,1,7-16H2,2-6H3;4-5H,1-2H2,3H3;1H3;/q3*-1;+3. The second-order valence-corrected chi connectivity index (χ2v) is 17.6. The molecule has 4 aliphatic carbocycles. The minimum atomic E-state index is -1.54. The number of allylic oxidation sites excluding steroid dienone is 3. The average molecular weight is 531 g/mol. The summed E-state index contributed by atoms with van der Waals surface area (Å²) in [6.45, 7) is 25.9. The number of rotatable bonds is 4. The number of nitrogens with zero attached hydrogens (tertiary/aromatic N) is 1. The Balaban J connectivity index is 0.000000686. The predicted molar refractivity (Wildman–Crippen MR) is 156 cm³/mol. The van der Waals surface area contributed by atoms with Crippen LogP contribution in [0.4, 0.5) is 0 Å². The molecular weight excluding hydrogens is 474 g/mol. The molecule has 1 radical (unpaired) electrons. The molecule has 0 heterocycles. The third-order valence-electron chi connectivity index (χ3n) is 9.62. The molecule has 197 valence electrons. The van der Waals surface area contributed by atoms with Gasteiger partial charge in [0, 0.05) is 0 Å². The Morgan fingerprint density at radius 1 is 0.829 bits per heavy atom. The van der Waals surface area contributed by atoms with Crippen LogP contribution in [-0.2, 0) is 21.7 Å². The van der Waals surface area contributed by atoms with E-state index in [4.69, 9.17) is 11.6 Å². The minimum Gasteiger partial charge on any atom is -0.660 e. The summed E-state index contributed by atoms with van der Waals surface area (Å²) < 4.78 is 0. The Morgan fingerprint density at radius 3 is 1.57 bits per heavy atom. The van der Waals surface area contributed by atoms with Crippen LogP contribution in [0, 0.1) is 48.9 Å². The Bertz CT molecular complexity index is 650. The SMILES string of the molecule is C=C1C2CCCCC2C2CC([Si](C)(C)[N-]C(C)(C)C)CC2C2CCCCC12.C=C[C-](C)C=C.[CH3-].[Ti+3]. The van der Waals surface area contributed by atoms with Crippen LogP contribution >= 0.6 is 0 Å². The van der Waals surface area contributed by atoms with E-state index in [2.05, 4.69) is 47.0 Å². The van der Waals surface area contributed by atoms with E-state index >= 15 is 0 Å². The van der Waals surface area contributed by atoms with E-state index in [0.717, 1.165) is 47.0 Å². The normalized spacial score (nSPS) is 34.2. The zero-order chi connectivity index (χ0) is 24.4. The number of hydrogen-bond donors (Lipinski definition) is 0. The topological polar surface area (TPSA) is 14.1 Å². The smallest absolute Gasteiger partial charge is 0.660 e. The summed E-state index contributed by atoms with van der Waals surface area (Å²) in [6, 6.07) is 0. The van der Waals surface area contributed by atoms with Crippen molar-refractivity contribution < 1.29 is 21.7 Å². The maximum absolute atomic E-state index is 5.45.